The summed E-state index contributed by atoms with van der Waals surface area (Å²) in [6.07, 6.45) is 9.53. The SMILES string of the molecule is O=C(COC(=O)c1cc2c(s1)CCC2)NCC1CCCCC1. The molecule has 22 heavy (non-hydrogen) atoms. The molecule has 1 N–H and O–H groups in total. The van der Waals surface area contributed by atoms with Crippen LogP contribution in [-0.4, -0.2) is 25.0 Å². The van der Waals surface area contributed by atoms with Gasteiger partial charge in [-0.15, -0.1) is 11.3 Å². The van der Waals surface area contributed by atoms with Crippen LogP contribution in [0.4, 0.5) is 0 Å². The Kier molecular flexibility index (Phi) is 5.13. The molecule has 0 unspecified atom stereocenters. The molecule has 1 fully saturated rings. The lowest BCUT2D eigenvalue weighted by atomic mass is 9.89. The van der Waals surface area contributed by atoms with Gasteiger partial charge in [-0.3, -0.25) is 4.79 Å². The first-order valence-electron chi connectivity index (χ1n) is 8.28. The summed E-state index contributed by atoms with van der Waals surface area (Å²) in [5.41, 5.74) is 1.28. The number of carbonyl (C=O) groups is 2. The number of fused-ring (bicyclic) bond motifs is 1. The molecule has 5 heteroatoms. The van der Waals surface area contributed by atoms with Crippen LogP contribution in [0.3, 0.4) is 0 Å². The van der Waals surface area contributed by atoms with Gasteiger partial charge in [0.1, 0.15) is 4.88 Å². The van der Waals surface area contributed by atoms with Crippen LogP contribution >= 0.6 is 11.3 Å². The number of amides is 1. The third-order valence-corrected chi connectivity index (χ3v) is 5.81. The van der Waals surface area contributed by atoms with E-state index in [1.807, 2.05) is 6.07 Å². The zero-order valence-electron chi connectivity index (χ0n) is 12.9. The van der Waals surface area contributed by atoms with E-state index in [4.69, 9.17) is 4.74 Å². The van der Waals surface area contributed by atoms with Crippen molar-refractivity contribution in [1.29, 1.82) is 0 Å². The highest BCUT2D eigenvalue weighted by molar-refractivity contribution is 7.14. The molecule has 0 atom stereocenters. The lowest BCUT2D eigenvalue weighted by molar-refractivity contribution is -0.124. The first kappa shape index (κ1) is 15.5. The van der Waals surface area contributed by atoms with E-state index in [1.54, 1.807) is 0 Å². The van der Waals surface area contributed by atoms with Gasteiger partial charge in [0.15, 0.2) is 6.61 Å². The zero-order chi connectivity index (χ0) is 15.4. The molecule has 2 aliphatic rings. The van der Waals surface area contributed by atoms with Crippen LogP contribution in [0.15, 0.2) is 6.07 Å². The standard InChI is InChI=1S/C17H23NO3S/c19-16(18-10-12-5-2-1-3-6-12)11-21-17(20)15-9-13-7-4-8-14(13)22-15/h9,12H,1-8,10-11H2,(H,18,19). The molecule has 0 aliphatic heterocycles. The number of rotatable bonds is 5. The predicted molar refractivity (Wildman–Crippen MR) is 86.2 cm³/mol. The zero-order valence-corrected chi connectivity index (χ0v) is 13.7. The van der Waals surface area contributed by atoms with E-state index < -0.39 is 0 Å². The van der Waals surface area contributed by atoms with Crippen molar-refractivity contribution in [1.82, 2.24) is 5.32 Å². The number of thiophene rings is 1. The molecular formula is C17H23NO3S. The Bertz CT molecular complexity index is 525. The van der Waals surface area contributed by atoms with Crippen LogP contribution in [0.25, 0.3) is 0 Å². The van der Waals surface area contributed by atoms with Gasteiger partial charge in [0.25, 0.3) is 5.91 Å². The number of nitrogens with one attached hydrogen (secondary N) is 1. The predicted octanol–water partition coefficient (Wildman–Crippen LogP) is 3.09. The Balaban J connectivity index is 1.39. The van der Waals surface area contributed by atoms with E-state index in [9.17, 15) is 9.59 Å². The number of hydrogen-bond acceptors (Lipinski definition) is 4. The van der Waals surface area contributed by atoms with E-state index in [0.29, 0.717) is 17.3 Å². The Morgan fingerprint density at radius 3 is 2.77 bits per heavy atom. The van der Waals surface area contributed by atoms with Gasteiger partial charge < -0.3 is 10.1 Å². The first-order valence-corrected chi connectivity index (χ1v) is 9.09. The van der Waals surface area contributed by atoms with Crippen molar-refractivity contribution < 1.29 is 14.3 Å². The largest absolute Gasteiger partial charge is 0.451 e. The van der Waals surface area contributed by atoms with Crippen LogP contribution in [0.2, 0.25) is 0 Å². The summed E-state index contributed by atoms with van der Waals surface area (Å²) in [7, 11) is 0. The fourth-order valence-electron chi connectivity index (χ4n) is 3.33. The lowest BCUT2D eigenvalue weighted by Crippen LogP contribution is -2.33. The Labute approximate surface area is 135 Å². The van der Waals surface area contributed by atoms with Gasteiger partial charge in [-0.25, -0.2) is 4.79 Å². The monoisotopic (exact) mass is 321 g/mol. The Morgan fingerprint density at radius 2 is 2.00 bits per heavy atom. The number of hydrogen-bond donors (Lipinski definition) is 1. The van der Waals surface area contributed by atoms with Crippen molar-refractivity contribution in [2.24, 2.45) is 5.92 Å². The molecule has 1 saturated carbocycles. The van der Waals surface area contributed by atoms with Gasteiger partial charge >= 0.3 is 5.97 Å². The van der Waals surface area contributed by atoms with E-state index in [0.717, 1.165) is 12.8 Å². The van der Waals surface area contributed by atoms with Crippen molar-refractivity contribution in [3.63, 3.8) is 0 Å². The maximum Gasteiger partial charge on any atom is 0.348 e. The topological polar surface area (TPSA) is 55.4 Å². The minimum absolute atomic E-state index is 0.173. The second-order valence-corrected chi connectivity index (χ2v) is 7.43. The second-order valence-electron chi connectivity index (χ2n) is 6.30. The summed E-state index contributed by atoms with van der Waals surface area (Å²) in [5.74, 6) is 0.0314. The molecule has 0 spiro atoms. The van der Waals surface area contributed by atoms with Crippen LogP contribution in [0.1, 0.15) is 58.6 Å². The van der Waals surface area contributed by atoms with Crippen molar-refractivity contribution in [3.8, 4) is 0 Å². The molecule has 1 aromatic heterocycles. The normalized spacial score (nSPS) is 18.0. The minimum Gasteiger partial charge on any atom is -0.451 e. The minimum atomic E-state index is -0.368. The summed E-state index contributed by atoms with van der Waals surface area (Å²) in [4.78, 5) is 25.7. The van der Waals surface area contributed by atoms with Crippen molar-refractivity contribution in [2.75, 3.05) is 13.2 Å². The van der Waals surface area contributed by atoms with Crippen LogP contribution in [0, 0.1) is 5.92 Å². The van der Waals surface area contributed by atoms with Crippen molar-refractivity contribution in [3.05, 3.63) is 21.4 Å². The summed E-state index contributed by atoms with van der Waals surface area (Å²) >= 11 is 1.51. The van der Waals surface area contributed by atoms with E-state index in [-0.39, 0.29) is 18.5 Å². The molecule has 3 rings (SSSR count). The van der Waals surface area contributed by atoms with Gasteiger partial charge in [0.05, 0.1) is 0 Å². The van der Waals surface area contributed by atoms with Crippen molar-refractivity contribution >= 4 is 23.2 Å². The van der Waals surface area contributed by atoms with Crippen molar-refractivity contribution in [2.45, 2.75) is 51.4 Å². The molecule has 1 amide bonds. The average molecular weight is 321 g/mol. The van der Waals surface area contributed by atoms with Gasteiger partial charge in [-0.2, -0.15) is 0 Å². The summed E-state index contributed by atoms with van der Waals surface area (Å²) in [5, 5.41) is 2.89. The van der Waals surface area contributed by atoms with E-state index >= 15 is 0 Å². The van der Waals surface area contributed by atoms with Crippen LogP contribution in [-0.2, 0) is 22.4 Å². The van der Waals surface area contributed by atoms with Gasteiger partial charge in [-0.1, -0.05) is 19.3 Å². The van der Waals surface area contributed by atoms with Gasteiger partial charge in [0, 0.05) is 11.4 Å². The fraction of sp³-hybridized carbons (Fsp3) is 0.647. The summed E-state index contributed by atoms with van der Waals surface area (Å²) in [6.45, 7) is 0.539. The molecule has 0 radical (unpaired) electrons. The molecule has 120 valence electrons. The average Bonchev–Trinajstić information content (AvgIpc) is 3.13. The number of esters is 1. The second kappa shape index (κ2) is 7.27. The van der Waals surface area contributed by atoms with E-state index in [1.165, 1.54) is 60.3 Å². The highest BCUT2D eigenvalue weighted by atomic mass is 32.1. The van der Waals surface area contributed by atoms with Gasteiger partial charge in [0.2, 0.25) is 0 Å². The molecule has 4 nitrogen and oxygen atoms in total. The smallest absolute Gasteiger partial charge is 0.348 e. The van der Waals surface area contributed by atoms with E-state index in [2.05, 4.69) is 5.32 Å². The maximum atomic E-state index is 12.0. The molecule has 2 aliphatic carbocycles. The maximum absolute atomic E-state index is 12.0. The Morgan fingerprint density at radius 1 is 1.18 bits per heavy atom. The molecule has 1 heterocycles. The molecule has 0 bridgehead atoms. The molecular weight excluding hydrogens is 298 g/mol. The fourth-order valence-corrected chi connectivity index (χ4v) is 4.48. The molecule has 0 saturated heterocycles. The van der Waals surface area contributed by atoms with Crippen LogP contribution in [0.5, 0.6) is 0 Å². The number of carbonyl (C=O) groups excluding carboxylic acids is 2. The Hall–Kier alpha value is -1.36. The quantitative estimate of drug-likeness (QED) is 0.848. The van der Waals surface area contributed by atoms with Crippen LogP contribution < -0.4 is 5.32 Å². The van der Waals surface area contributed by atoms with Gasteiger partial charge in [-0.05, 0) is 49.7 Å². The lowest BCUT2D eigenvalue weighted by Gasteiger charge is -2.21. The summed E-state index contributed by atoms with van der Waals surface area (Å²) < 4.78 is 5.13. The number of aryl methyl sites for hydroxylation is 2. The first-order chi connectivity index (χ1) is 10.7. The third-order valence-electron chi connectivity index (χ3n) is 4.59. The number of ether oxygens (including phenoxy) is 1. The molecule has 0 aromatic carbocycles. The highest BCUT2D eigenvalue weighted by Crippen LogP contribution is 2.30. The molecule has 1 aromatic rings. The third kappa shape index (κ3) is 3.88. The highest BCUT2D eigenvalue weighted by Gasteiger charge is 2.20. The summed E-state index contributed by atoms with van der Waals surface area (Å²) in [6, 6.07) is 1.93.